The average molecular weight is 494 g/mol. The van der Waals surface area contributed by atoms with E-state index < -0.39 is 29.3 Å². The number of nitrogens with zero attached hydrogens (tertiary/aromatic N) is 1. The van der Waals surface area contributed by atoms with E-state index in [9.17, 15) is 9.59 Å². The van der Waals surface area contributed by atoms with Gasteiger partial charge in [0, 0.05) is 32.8 Å². The molecule has 0 saturated carbocycles. The predicted octanol–water partition coefficient (Wildman–Crippen LogP) is 4.74. The van der Waals surface area contributed by atoms with Crippen LogP contribution in [0.3, 0.4) is 0 Å². The third kappa shape index (κ3) is 11.9. The standard InChI is InChI=1S/C27H43NO7/c1-26(2,3)34-24(29)23-18-22(19-28(23)25(30)35-27(4,5)6)33-17-11-15-31-14-10-16-32-20-21-12-8-7-9-13-21/h7-9,12-13,22-23H,10-11,14-20H2,1-6H3/t22-,23+/m1/s1. The molecule has 8 nitrogen and oxygen atoms in total. The fourth-order valence-corrected chi connectivity index (χ4v) is 3.57. The predicted molar refractivity (Wildman–Crippen MR) is 133 cm³/mol. The van der Waals surface area contributed by atoms with Crippen LogP contribution in [0.25, 0.3) is 0 Å². The monoisotopic (exact) mass is 493 g/mol. The van der Waals surface area contributed by atoms with Crippen LogP contribution >= 0.6 is 0 Å². The Morgan fingerprint density at radius 1 is 0.857 bits per heavy atom. The molecule has 1 aliphatic rings. The lowest BCUT2D eigenvalue weighted by Crippen LogP contribution is -2.45. The molecule has 0 aromatic heterocycles. The number of carbonyl (C=O) groups excluding carboxylic acids is 2. The van der Waals surface area contributed by atoms with Gasteiger partial charge in [0.15, 0.2) is 0 Å². The van der Waals surface area contributed by atoms with Crippen LogP contribution in [-0.4, -0.2) is 73.3 Å². The number of hydrogen-bond acceptors (Lipinski definition) is 7. The summed E-state index contributed by atoms with van der Waals surface area (Å²) in [4.78, 5) is 26.9. The molecule has 1 heterocycles. The summed E-state index contributed by atoms with van der Waals surface area (Å²) >= 11 is 0. The minimum atomic E-state index is -0.721. The Bertz CT molecular complexity index is 734. The van der Waals surface area contributed by atoms with Crippen LogP contribution < -0.4 is 0 Å². The number of amides is 1. The van der Waals surface area contributed by atoms with Gasteiger partial charge in [-0.1, -0.05) is 30.3 Å². The average Bonchev–Trinajstić information content (AvgIpc) is 3.18. The van der Waals surface area contributed by atoms with Gasteiger partial charge in [-0.2, -0.15) is 0 Å². The van der Waals surface area contributed by atoms with E-state index in [1.165, 1.54) is 4.90 Å². The van der Waals surface area contributed by atoms with E-state index in [1.54, 1.807) is 41.5 Å². The van der Waals surface area contributed by atoms with Crippen molar-refractivity contribution in [2.24, 2.45) is 0 Å². The molecule has 2 rings (SSSR count). The van der Waals surface area contributed by atoms with E-state index in [0.717, 1.165) is 18.4 Å². The third-order valence-corrected chi connectivity index (χ3v) is 5.05. The number of rotatable bonds is 12. The van der Waals surface area contributed by atoms with Crippen molar-refractivity contribution in [2.45, 2.75) is 90.8 Å². The highest BCUT2D eigenvalue weighted by Gasteiger charge is 2.43. The Hall–Kier alpha value is -2.16. The quantitative estimate of drug-likeness (QED) is 0.307. The molecular formula is C27H43NO7. The second-order valence-corrected chi connectivity index (χ2v) is 10.8. The summed E-state index contributed by atoms with van der Waals surface area (Å²) in [5, 5.41) is 0. The van der Waals surface area contributed by atoms with Crippen LogP contribution in [0.1, 0.15) is 66.4 Å². The summed E-state index contributed by atoms with van der Waals surface area (Å²) in [5.74, 6) is -0.438. The van der Waals surface area contributed by atoms with Gasteiger partial charge in [0.05, 0.1) is 19.3 Å². The zero-order valence-electron chi connectivity index (χ0n) is 22.2. The second-order valence-electron chi connectivity index (χ2n) is 10.8. The molecular weight excluding hydrogens is 450 g/mol. The summed E-state index contributed by atoms with van der Waals surface area (Å²) in [7, 11) is 0. The molecule has 0 N–H and O–H groups in total. The number of benzene rings is 1. The van der Waals surface area contributed by atoms with E-state index >= 15 is 0 Å². The number of carbonyl (C=O) groups is 2. The molecule has 2 atom stereocenters. The molecule has 0 unspecified atom stereocenters. The normalized spacial score (nSPS) is 18.5. The summed E-state index contributed by atoms with van der Waals surface area (Å²) < 4.78 is 28.3. The van der Waals surface area contributed by atoms with Crippen molar-refractivity contribution in [3.05, 3.63) is 35.9 Å². The van der Waals surface area contributed by atoms with Gasteiger partial charge in [-0.3, -0.25) is 4.90 Å². The lowest BCUT2D eigenvalue weighted by molar-refractivity contribution is -0.160. The van der Waals surface area contributed by atoms with Crippen molar-refractivity contribution in [2.75, 3.05) is 33.0 Å². The number of esters is 1. The fourth-order valence-electron chi connectivity index (χ4n) is 3.57. The van der Waals surface area contributed by atoms with Gasteiger partial charge >= 0.3 is 12.1 Å². The van der Waals surface area contributed by atoms with Gasteiger partial charge in [-0.15, -0.1) is 0 Å². The molecule has 8 heteroatoms. The number of hydrogen-bond donors (Lipinski definition) is 0. The Kier molecular flexibility index (Phi) is 11.5. The number of ether oxygens (including phenoxy) is 5. The topological polar surface area (TPSA) is 83.5 Å². The Morgan fingerprint density at radius 3 is 2.09 bits per heavy atom. The summed E-state index contributed by atoms with van der Waals surface area (Å²) in [6.07, 6.45) is 1.15. The zero-order chi connectivity index (χ0) is 25.9. The Morgan fingerprint density at radius 2 is 1.46 bits per heavy atom. The molecule has 198 valence electrons. The van der Waals surface area contributed by atoms with E-state index in [-0.39, 0.29) is 6.10 Å². The molecule has 0 spiro atoms. The van der Waals surface area contributed by atoms with Gasteiger partial charge < -0.3 is 23.7 Å². The van der Waals surface area contributed by atoms with Crippen molar-refractivity contribution in [1.82, 2.24) is 4.90 Å². The minimum Gasteiger partial charge on any atom is -0.458 e. The van der Waals surface area contributed by atoms with E-state index in [4.69, 9.17) is 23.7 Å². The van der Waals surface area contributed by atoms with Crippen LogP contribution in [0, 0.1) is 0 Å². The highest BCUT2D eigenvalue weighted by Crippen LogP contribution is 2.26. The van der Waals surface area contributed by atoms with Crippen molar-refractivity contribution >= 4 is 12.1 Å². The maximum Gasteiger partial charge on any atom is 0.411 e. The van der Waals surface area contributed by atoms with E-state index in [2.05, 4.69) is 0 Å². The Labute approximate surface area is 210 Å². The molecule has 35 heavy (non-hydrogen) atoms. The van der Waals surface area contributed by atoms with E-state index in [1.807, 2.05) is 30.3 Å². The highest BCUT2D eigenvalue weighted by molar-refractivity contribution is 5.82. The van der Waals surface area contributed by atoms with Crippen LogP contribution in [-0.2, 0) is 35.1 Å². The van der Waals surface area contributed by atoms with Crippen LogP contribution in [0.2, 0.25) is 0 Å². The van der Waals surface area contributed by atoms with Crippen molar-refractivity contribution in [1.29, 1.82) is 0 Å². The van der Waals surface area contributed by atoms with Gasteiger partial charge in [-0.05, 0) is 59.9 Å². The van der Waals surface area contributed by atoms with Gasteiger partial charge in [-0.25, -0.2) is 9.59 Å². The molecule has 1 aliphatic heterocycles. The fraction of sp³-hybridized carbons (Fsp3) is 0.704. The molecule has 1 fully saturated rings. The van der Waals surface area contributed by atoms with Crippen molar-refractivity contribution in [3.8, 4) is 0 Å². The van der Waals surface area contributed by atoms with Gasteiger partial charge in [0.2, 0.25) is 0 Å². The highest BCUT2D eigenvalue weighted by atomic mass is 16.6. The molecule has 0 bridgehead atoms. The summed E-state index contributed by atoms with van der Waals surface area (Å²) in [6, 6.07) is 9.36. The first-order valence-electron chi connectivity index (χ1n) is 12.5. The minimum absolute atomic E-state index is 0.258. The molecule has 1 amide bonds. The van der Waals surface area contributed by atoms with E-state index in [0.29, 0.717) is 46.0 Å². The molecule has 1 aromatic carbocycles. The third-order valence-electron chi connectivity index (χ3n) is 5.05. The molecule has 1 saturated heterocycles. The first-order valence-corrected chi connectivity index (χ1v) is 12.5. The second kappa shape index (κ2) is 13.8. The van der Waals surface area contributed by atoms with Gasteiger partial charge in [0.25, 0.3) is 0 Å². The Balaban J connectivity index is 1.66. The molecule has 0 aliphatic carbocycles. The first kappa shape index (κ1) is 29.1. The maximum atomic E-state index is 12.7. The molecule has 1 aromatic rings. The smallest absolute Gasteiger partial charge is 0.411 e. The summed E-state index contributed by atoms with van der Waals surface area (Å²) in [6.45, 7) is 14.1. The number of likely N-dealkylation sites (tertiary alicyclic amines) is 1. The SMILES string of the molecule is CC(C)(C)OC(=O)[C@@H]1C[C@@H](OCCCOCCCOCc2ccccc2)CN1C(=O)OC(C)(C)C. The molecule has 0 radical (unpaired) electrons. The van der Waals surface area contributed by atoms with Crippen LogP contribution in [0.5, 0.6) is 0 Å². The van der Waals surface area contributed by atoms with Crippen molar-refractivity contribution in [3.63, 3.8) is 0 Å². The summed E-state index contributed by atoms with van der Waals surface area (Å²) in [5.41, 5.74) is -0.130. The van der Waals surface area contributed by atoms with Crippen molar-refractivity contribution < 1.29 is 33.3 Å². The van der Waals surface area contributed by atoms with Gasteiger partial charge in [0.1, 0.15) is 17.2 Å². The maximum absolute atomic E-state index is 12.7. The zero-order valence-corrected chi connectivity index (χ0v) is 22.2. The lowest BCUT2D eigenvalue weighted by Gasteiger charge is -2.29. The lowest BCUT2D eigenvalue weighted by atomic mass is 10.1. The largest absolute Gasteiger partial charge is 0.458 e. The van der Waals surface area contributed by atoms with Crippen LogP contribution in [0.15, 0.2) is 30.3 Å². The first-order chi connectivity index (χ1) is 16.4. The van der Waals surface area contributed by atoms with Crippen LogP contribution in [0.4, 0.5) is 4.79 Å².